The molecule has 0 atom stereocenters. The summed E-state index contributed by atoms with van der Waals surface area (Å²) in [6, 6.07) is 0.802. The molecule has 1 saturated heterocycles. The quantitative estimate of drug-likeness (QED) is 0.832. The molecule has 1 heterocycles. The van der Waals surface area contributed by atoms with Crippen molar-refractivity contribution >= 4 is 0 Å². The van der Waals surface area contributed by atoms with Crippen LogP contribution in [0.2, 0.25) is 0 Å². The number of likely N-dealkylation sites (N-methyl/N-ethyl adjacent to an activating group) is 1. The lowest BCUT2D eigenvalue weighted by atomic mass is 9.82. The molecule has 2 N–H and O–H groups in total. The molecule has 1 aliphatic heterocycles. The highest BCUT2D eigenvalue weighted by Gasteiger charge is 2.40. The van der Waals surface area contributed by atoms with Gasteiger partial charge in [-0.1, -0.05) is 26.2 Å². The van der Waals surface area contributed by atoms with Crippen LogP contribution in [0.1, 0.15) is 51.9 Å². The van der Waals surface area contributed by atoms with E-state index in [-0.39, 0.29) is 0 Å². The van der Waals surface area contributed by atoms with Gasteiger partial charge in [-0.25, -0.2) is 0 Å². The van der Waals surface area contributed by atoms with E-state index in [4.69, 9.17) is 5.73 Å². The second-order valence-electron chi connectivity index (χ2n) is 6.31. The first-order valence-electron chi connectivity index (χ1n) is 7.87. The van der Waals surface area contributed by atoms with Gasteiger partial charge in [0.1, 0.15) is 0 Å². The van der Waals surface area contributed by atoms with Crippen molar-refractivity contribution in [1.82, 2.24) is 9.80 Å². The second kappa shape index (κ2) is 6.36. The molecule has 3 heteroatoms. The van der Waals surface area contributed by atoms with Crippen molar-refractivity contribution in [2.45, 2.75) is 63.5 Å². The highest BCUT2D eigenvalue weighted by atomic mass is 15.3. The van der Waals surface area contributed by atoms with Crippen LogP contribution in [0.4, 0.5) is 0 Å². The van der Waals surface area contributed by atoms with Crippen LogP contribution >= 0.6 is 0 Å². The van der Waals surface area contributed by atoms with Gasteiger partial charge in [-0.05, 0) is 52.4 Å². The summed E-state index contributed by atoms with van der Waals surface area (Å²) in [5.41, 5.74) is 6.50. The number of likely N-dealkylation sites (tertiary alicyclic amines) is 1. The van der Waals surface area contributed by atoms with E-state index >= 15 is 0 Å². The summed E-state index contributed by atoms with van der Waals surface area (Å²) in [5.74, 6) is 0. The van der Waals surface area contributed by atoms with Crippen LogP contribution in [0.25, 0.3) is 0 Å². The molecule has 0 aromatic heterocycles. The predicted molar refractivity (Wildman–Crippen MR) is 77.8 cm³/mol. The topological polar surface area (TPSA) is 32.5 Å². The molecule has 18 heavy (non-hydrogen) atoms. The maximum atomic E-state index is 6.21. The number of hydrogen-bond acceptors (Lipinski definition) is 3. The van der Waals surface area contributed by atoms with Gasteiger partial charge in [-0.3, -0.25) is 4.90 Å². The Morgan fingerprint density at radius 1 is 1.17 bits per heavy atom. The third-order valence-corrected chi connectivity index (χ3v) is 5.26. The van der Waals surface area contributed by atoms with Crippen LogP contribution in [-0.2, 0) is 0 Å². The Balaban J connectivity index is 2.07. The number of rotatable bonds is 4. The van der Waals surface area contributed by atoms with Gasteiger partial charge in [-0.15, -0.1) is 0 Å². The number of piperidine rings is 1. The minimum Gasteiger partial charge on any atom is -0.329 e. The molecule has 0 spiro atoms. The zero-order valence-electron chi connectivity index (χ0n) is 12.3. The lowest BCUT2D eigenvalue weighted by Crippen LogP contribution is -2.62. The summed E-state index contributed by atoms with van der Waals surface area (Å²) in [7, 11) is 2.23. The second-order valence-corrected chi connectivity index (χ2v) is 6.31. The lowest BCUT2D eigenvalue weighted by Gasteiger charge is -2.51. The van der Waals surface area contributed by atoms with Crippen LogP contribution in [0.15, 0.2) is 0 Å². The molecule has 1 saturated carbocycles. The van der Waals surface area contributed by atoms with E-state index in [0.29, 0.717) is 5.54 Å². The average molecular weight is 253 g/mol. The van der Waals surface area contributed by atoms with Gasteiger partial charge in [-0.2, -0.15) is 0 Å². The van der Waals surface area contributed by atoms with Crippen molar-refractivity contribution in [3.05, 3.63) is 0 Å². The van der Waals surface area contributed by atoms with Gasteiger partial charge < -0.3 is 10.6 Å². The fourth-order valence-electron chi connectivity index (χ4n) is 4.02. The zero-order valence-corrected chi connectivity index (χ0v) is 12.3. The largest absolute Gasteiger partial charge is 0.329 e. The Morgan fingerprint density at radius 2 is 1.78 bits per heavy atom. The predicted octanol–water partition coefficient (Wildman–Crippen LogP) is 2.06. The minimum absolute atomic E-state index is 0.295. The third-order valence-electron chi connectivity index (χ3n) is 5.26. The Kier molecular flexibility index (Phi) is 5.05. The number of hydrogen-bond donors (Lipinski definition) is 1. The molecule has 3 nitrogen and oxygen atoms in total. The summed E-state index contributed by atoms with van der Waals surface area (Å²) in [6.07, 6.45) is 9.57. The third kappa shape index (κ3) is 2.89. The summed E-state index contributed by atoms with van der Waals surface area (Å²) < 4.78 is 0. The van der Waals surface area contributed by atoms with E-state index in [1.54, 1.807) is 0 Å². The van der Waals surface area contributed by atoms with Crippen LogP contribution in [0.5, 0.6) is 0 Å². The molecule has 2 aliphatic rings. The summed E-state index contributed by atoms with van der Waals surface area (Å²) in [5, 5.41) is 0. The van der Waals surface area contributed by atoms with E-state index in [1.165, 1.54) is 64.6 Å². The molecule has 2 rings (SSSR count). The Labute approximate surface area is 113 Å². The van der Waals surface area contributed by atoms with Crippen LogP contribution in [0, 0.1) is 0 Å². The highest BCUT2D eigenvalue weighted by Crippen LogP contribution is 2.34. The van der Waals surface area contributed by atoms with Gasteiger partial charge in [0.15, 0.2) is 0 Å². The Hall–Kier alpha value is -0.120. The van der Waals surface area contributed by atoms with Crippen LogP contribution < -0.4 is 5.73 Å². The molecule has 0 unspecified atom stereocenters. The SMILES string of the molecule is CCN(C1CCCCC1)C1(CN)CCN(C)CC1. The van der Waals surface area contributed by atoms with Gasteiger partial charge in [0.05, 0.1) is 0 Å². The fraction of sp³-hybridized carbons (Fsp3) is 1.00. The molecular formula is C15H31N3. The molecule has 2 fully saturated rings. The Bertz CT molecular complexity index is 240. The van der Waals surface area contributed by atoms with Gasteiger partial charge >= 0.3 is 0 Å². The molecule has 1 aliphatic carbocycles. The van der Waals surface area contributed by atoms with E-state index < -0.39 is 0 Å². The van der Waals surface area contributed by atoms with Crippen molar-refractivity contribution in [1.29, 1.82) is 0 Å². The zero-order chi connectivity index (χ0) is 13.0. The summed E-state index contributed by atoms with van der Waals surface area (Å²) in [4.78, 5) is 5.22. The first-order valence-corrected chi connectivity index (χ1v) is 7.87. The van der Waals surface area contributed by atoms with E-state index in [0.717, 1.165) is 12.6 Å². The standard InChI is InChI=1S/C15H31N3/c1-3-18(14-7-5-4-6-8-14)15(13-16)9-11-17(2)12-10-15/h14H,3-13,16H2,1-2H3. The normalized spacial score (nSPS) is 26.7. The van der Waals surface area contributed by atoms with Crippen molar-refractivity contribution < 1.29 is 0 Å². The van der Waals surface area contributed by atoms with Crippen molar-refractivity contribution in [3.8, 4) is 0 Å². The molecular weight excluding hydrogens is 222 g/mol. The molecule has 0 bridgehead atoms. The Morgan fingerprint density at radius 3 is 2.28 bits per heavy atom. The van der Waals surface area contributed by atoms with E-state index in [1.807, 2.05) is 0 Å². The van der Waals surface area contributed by atoms with Crippen LogP contribution in [-0.4, -0.2) is 54.6 Å². The van der Waals surface area contributed by atoms with Crippen molar-refractivity contribution in [2.24, 2.45) is 5.73 Å². The van der Waals surface area contributed by atoms with E-state index in [2.05, 4.69) is 23.8 Å². The summed E-state index contributed by atoms with van der Waals surface area (Å²) in [6.45, 7) is 6.75. The maximum Gasteiger partial charge on any atom is 0.0358 e. The van der Waals surface area contributed by atoms with Crippen molar-refractivity contribution in [2.75, 3.05) is 33.2 Å². The molecule has 0 amide bonds. The van der Waals surface area contributed by atoms with E-state index in [9.17, 15) is 0 Å². The number of nitrogens with zero attached hydrogens (tertiary/aromatic N) is 2. The molecule has 0 aromatic carbocycles. The van der Waals surface area contributed by atoms with Gasteiger partial charge in [0, 0.05) is 18.1 Å². The first kappa shape index (κ1) is 14.3. The minimum atomic E-state index is 0.295. The monoisotopic (exact) mass is 253 g/mol. The van der Waals surface area contributed by atoms with Crippen LogP contribution in [0.3, 0.4) is 0 Å². The fourth-order valence-corrected chi connectivity index (χ4v) is 4.02. The van der Waals surface area contributed by atoms with Gasteiger partial charge in [0.2, 0.25) is 0 Å². The molecule has 0 radical (unpaired) electrons. The lowest BCUT2D eigenvalue weighted by molar-refractivity contribution is -0.00592. The number of nitrogens with two attached hydrogens (primary N) is 1. The maximum absolute atomic E-state index is 6.21. The first-order chi connectivity index (χ1) is 8.72. The highest BCUT2D eigenvalue weighted by molar-refractivity contribution is 4.98. The molecule has 0 aromatic rings. The van der Waals surface area contributed by atoms with Gasteiger partial charge in [0.25, 0.3) is 0 Å². The average Bonchev–Trinajstić information content (AvgIpc) is 2.43. The smallest absolute Gasteiger partial charge is 0.0358 e. The molecule has 106 valence electrons. The summed E-state index contributed by atoms with van der Waals surface area (Å²) >= 11 is 0. The van der Waals surface area contributed by atoms with Crippen molar-refractivity contribution in [3.63, 3.8) is 0 Å².